The standard InChI is InChI=1S/C19H19F3N2O3/c1-11-6-7-16(27-11)12(2)23-18(26)13-8-17(25)24(10-13)15-5-3-4-14(9-15)19(20,21)22/h3-7,9,12-13H,8,10H2,1-2H3,(H,23,26). The van der Waals surface area contributed by atoms with Crippen molar-refractivity contribution >= 4 is 17.5 Å². The quantitative estimate of drug-likeness (QED) is 0.877. The number of alkyl halides is 3. The zero-order chi connectivity index (χ0) is 19.8. The second kappa shape index (κ2) is 7.09. The van der Waals surface area contributed by atoms with Crippen LogP contribution in [-0.2, 0) is 15.8 Å². The third-order valence-corrected chi connectivity index (χ3v) is 4.53. The number of hydrogen-bond acceptors (Lipinski definition) is 3. The Morgan fingerprint density at radius 3 is 2.67 bits per heavy atom. The molecule has 5 nitrogen and oxygen atoms in total. The third-order valence-electron chi connectivity index (χ3n) is 4.53. The number of carbonyl (C=O) groups excluding carboxylic acids is 2. The molecule has 1 aromatic heterocycles. The topological polar surface area (TPSA) is 62.6 Å². The Balaban J connectivity index is 1.69. The maximum absolute atomic E-state index is 12.9. The van der Waals surface area contributed by atoms with Gasteiger partial charge in [0.2, 0.25) is 11.8 Å². The highest BCUT2D eigenvalue weighted by Gasteiger charge is 2.37. The number of nitrogens with zero attached hydrogens (tertiary/aromatic N) is 1. The number of nitrogens with one attached hydrogen (secondary N) is 1. The number of hydrogen-bond donors (Lipinski definition) is 1. The van der Waals surface area contributed by atoms with Crippen LogP contribution in [0.4, 0.5) is 18.9 Å². The minimum Gasteiger partial charge on any atom is -0.464 e. The second-order valence-corrected chi connectivity index (χ2v) is 6.63. The van der Waals surface area contributed by atoms with E-state index in [0.717, 1.165) is 17.9 Å². The van der Waals surface area contributed by atoms with Gasteiger partial charge in [-0.1, -0.05) is 6.07 Å². The molecule has 144 valence electrons. The molecular weight excluding hydrogens is 361 g/mol. The van der Waals surface area contributed by atoms with Crippen molar-refractivity contribution in [2.75, 3.05) is 11.4 Å². The summed E-state index contributed by atoms with van der Waals surface area (Å²) in [6.07, 6.45) is -4.54. The number of anilines is 1. The van der Waals surface area contributed by atoms with E-state index in [-0.39, 0.29) is 36.5 Å². The van der Waals surface area contributed by atoms with Gasteiger partial charge in [0.05, 0.1) is 17.5 Å². The van der Waals surface area contributed by atoms with Crippen molar-refractivity contribution in [3.63, 3.8) is 0 Å². The summed E-state index contributed by atoms with van der Waals surface area (Å²) in [6, 6.07) is 7.72. The van der Waals surface area contributed by atoms with E-state index in [9.17, 15) is 22.8 Å². The summed E-state index contributed by atoms with van der Waals surface area (Å²) in [5.41, 5.74) is -0.692. The van der Waals surface area contributed by atoms with Gasteiger partial charge in [0.25, 0.3) is 0 Å². The normalized spacial score (nSPS) is 18.6. The molecule has 2 heterocycles. The maximum atomic E-state index is 12.9. The van der Waals surface area contributed by atoms with Crippen molar-refractivity contribution in [2.45, 2.75) is 32.5 Å². The largest absolute Gasteiger partial charge is 0.464 e. The SMILES string of the molecule is Cc1ccc(C(C)NC(=O)C2CC(=O)N(c3cccc(C(F)(F)F)c3)C2)o1. The van der Waals surface area contributed by atoms with Gasteiger partial charge in [-0.15, -0.1) is 0 Å². The summed E-state index contributed by atoms with van der Waals surface area (Å²) in [5.74, 6) is -0.0290. The summed E-state index contributed by atoms with van der Waals surface area (Å²) < 4.78 is 44.1. The van der Waals surface area contributed by atoms with Crippen LogP contribution in [0.1, 0.15) is 36.5 Å². The summed E-state index contributed by atoms with van der Waals surface area (Å²) >= 11 is 0. The van der Waals surface area contributed by atoms with Crippen LogP contribution in [-0.4, -0.2) is 18.4 Å². The van der Waals surface area contributed by atoms with Crippen LogP contribution < -0.4 is 10.2 Å². The first kappa shape index (κ1) is 19.0. The predicted molar refractivity (Wildman–Crippen MR) is 91.9 cm³/mol. The fourth-order valence-electron chi connectivity index (χ4n) is 3.07. The molecule has 27 heavy (non-hydrogen) atoms. The van der Waals surface area contributed by atoms with Gasteiger partial charge in [0, 0.05) is 18.7 Å². The first-order valence-electron chi connectivity index (χ1n) is 8.49. The average Bonchev–Trinajstić information content (AvgIpc) is 3.20. The fraction of sp³-hybridized carbons (Fsp3) is 0.368. The highest BCUT2D eigenvalue weighted by atomic mass is 19.4. The Morgan fingerprint density at radius 1 is 1.30 bits per heavy atom. The van der Waals surface area contributed by atoms with Crippen molar-refractivity contribution < 1.29 is 27.2 Å². The van der Waals surface area contributed by atoms with Crippen molar-refractivity contribution in [1.29, 1.82) is 0 Å². The van der Waals surface area contributed by atoms with Gasteiger partial charge in [0.1, 0.15) is 11.5 Å². The molecule has 0 spiro atoms. The molecule has 2 unspecified atom stereocenters. The molecular formula is C19H19F3N2O3. The van der Waals surface area contributed by atoms with Crippen molar-refractivity contribution in [2.24, 2.45) is 5.92 Å². The summed E-state index contributed by atoms with van der Waals surface area (Å²) in [7, 11) is 0. The predicted octanol–water partition coefficient (Wildman–Crippen LogP) is 3.84. The molecule has 1 N–H and O–H groups in total. The molecule has 1 saturated heterocycles. The zero-order valence-corrected chi connectivity index (χ0v) is 14.8. The molecule has 0 bridgehead atoms. The van der Waals surface area contributed by atoms with Crippen molar-refractivity contribution in [3.8, 4) is 0 Å². The van der Waals surface area contributed by atoms with Crippen LogP contribution >= 0.6 is 0 Å². The van der Waals surface area contributed by atoms with Crippen LogP contribution in [0.3, 0.4) is 0 Å². The number of rotatable bonds is 4. The lowest BCUT2D eigenvalue weighted by atomic mass is 10.1. The van der Waals surface area contributed by atoms with E-state index in [0.29, 0.717) is 5.76 Å². The smallest absolute Gasteiger partial charge is 0.416 e. The van der Waals surface area contributed by atoms with E-state index in [1.165, 1.54) is 17.0 Å². The highest BCUT2D eigenvalue weighted by molar-refractivity contribution is 6.00. The zero-order valence-electron chi connectivity index (χ0n) is 14.8. The second-order valence-electron chi connectivity index (χ2n) is 6.63. The van der Waals surface area contributed by atoms with Gasteiger partial charge in [-0.3, -0.25) is 9.59 Å². The number of furan rings is 1. The molecule has 1 aliphatic heterocycles. The van der Waals surface area contributed by atoms with Crippen LogP contribution in [0.15, 0.2) is 40.8 Å². The average molecular weight is 380 g/mol. The summed E-state index contributed by atoms with van der Waals surface area (Å²) in [4.78, 5) is 26.0. The lowest BCUT2D eigenvalue weighted by molar-refractivity contribution is -0.137. The molecule has 1 fully saturated rings. The number of halogens is 3. The minimum absolute atomic E-state index is 0.0376. The molecule has 2 amide bonds. The van der Waals surface area contributed by atoms with Crippen LogP contribution in [0.5, 0.6) is 0 Å². The first-order valence-corrected chi connectivity index (χ1v) is 8.49. The minimum atomic E-state index is -4.49. The molecule has 1 aliphatic rings. The van der Waals surface area contributed by atoms with E-state index in [1.54, 1.807) is 26.0 Å². The van der Waals surface area contributed by atoms with Crippen LogP contribution in [0, 0.1) is 12.8 Å². The van der Waals surface area contributed by atoms with Crippen LogP contribution in [0.2, 0.25) is 0 Å². The van der Waals surface area contributed by atoms with Gasteiger partial charge in [-0.05, 0) is 44.2 Å². The van der Waals surface area contributed by atoms with Crippen molar-refractivity contribution in [1.82, 2.24) is 5.32 Å². The Labute approximate surface area is 154 Å². The van der Waals surface area contributed by atoms with E-state index < -0.39 is 17.7 Å². The molecule has 2 aromatic rings. The fourth-order valence-corrected chi connectivity index (χ4v) is 3.07. The molecule has 0 aliphatic carbocycles. The third kappa shape index (κ3) is 4.15. The van der Waals surface area contributed by atoms with Crippen LogP contribution in [0.25, 0.3) is 0 Å². The first-order chi connectivity index (χ1) is 12.6. The molecule has 0 saturated carbocycles. The number of amides is 2. The van der Waals surface area contributed by atoms with Gasteiger partial charge >= 0.3 is 6.18 Å². The highest BCUT2D eigenvalue weighted by Crippen LogP contribution is 2.33. The van der Waals surface area contributed by atoms with E-state index >= 15 is 0 Å². The molecule has 0 radical (unpaired) electrons. The van der Waals surface area contributed by atoms with E-state index in [1.807, 2.05) is 0 Å². The molecule has 3 rings (SSSR count). The Hall–Kier alpha value is -2.77. The monoisotopic (exact) mass is 380 g/mol. The Morgan fingerprint density at radius 2 is 2.04 bits per heavy atom. The van der Waals surface area contributed by atoms with Gasteiger partial charge < -0.3 is 14.6 Å². The van der Waals surface area contributed by atoms with Gasteiger partial charge in [-0.2, -0.15) is 13.2 Å². The summed E-state index contributed by atoms with van der Waals surface area (Å²) in [5, 5.41) is 2.79. The van der Waals surface area contributed by atoms with E-state index in [2.05, 4.69) is 5.32 Å². The van der Waals surface area contributed by atoms with Gasteiger partial charge in [-0.25, -0.2) is 0 Å². The molecule has 1 aromatic carbocycles. The molecule has 8 heteroatoms. The number of carbonyl (C=O) groups is 2. The molecule has 2 atom stereocenters. The van der Waals surface area contributed by atoms with Gasteiger partial charge in [0.15, 0.2) is 0 Å². The van der Waals surface area contributed by atoms with E-state index in [4.69, 9.17) is 4.42 Å². The Kier molecular flexibility index (Phi) is 4.99. The summed E-state index contributed by atoms with van der Waals surface area (Å²) in [6.45, 7) is 3.59. The lowest BCUT2D eigenvalue weighted by Gasteiger charge is -2.19. The number of benzene rings is 1. The number of aryl methyl sites for hydroxylation is 1. The van der Waals surface area contributed by atoms with Crippen molar-refractivity contribution in [3.05, 3.63) is 53.5 Å². The lowest BCUT2D eigenvalue weighted by Crippen LogP contribution is -2.34. The Bertz CT molecular complexity index is 860. The maximum Gasteiger partial charge on any atom is 0.416 e.